The zero-order valence-electron chi connectivity index (χ0n) is 19.8. The Balaban J connectivity index is 1.58. The Bertz CT molecular complexity index is 972. The number of nitrogens with one attached hydrogen (secondary N) is 4. The average Bonchev–Trinajstić information content (AvgIpc) is 2.68. The van der Waals surface area contributed by atoms with Gasteiger partial charge in [-0.1, -0.05) is 57.2 Å². The Hall–Kier alpha value is -2.18. The number of hydrogen-bond donors (Lipinski definition) is 4. The lowest BCUT2D eigenvalue weighted by Crippen LogP contribution is -2.51. The first kappa shape index (κ1) is 24.5. The second-order valence-electron chi connectivity index (χ2n) is 10.3. The van der Waals surface area contributed by atoms with Gasteiger partial charge in [0, 0.05) is 24.0 Å². The molecule has 0 spiro atoms. The molecular weight excluding hydrogens is 432 g/mol. The minimum Gasteiger partial charge on any atom is -0.362 e. The monoisotopic (exact) mass is 468 g/mol. The van der Waals surface area contributed by atoms with E-state index in [0.29, 0.717) is 16.3 Å². The van der Waals surface area contributed by atoms with Crippen molar-refractivity contribution in [3.63, 3.8) is 0 Å². The van der Waals surface area contributed by atoms with Crippen LogP contribution in [0.3, 0.4) is 0 Å². The van der Waals surface area contributed by atoms with Gasteiger partial charge in [-0.05, 0) is 91.6 Å². The van der Waals surface area contributed by atoms with E-state index < -0.39 is 0 Å². The van der Waals surface area contributed by atoms with Crippen molar-refractivity contribution >= 4 is 46.0 Å². The molecule has 3 rings (SSSR count). The summed E-state index contributed by atoms with van der Waals surface area (Å²) in [4.78, 5) is 0. The van der Waals surface area contributed by atoms with Crippen molar-refractivity contribution in [2.24, 2.45) is 10.8 Å². The predicted molar refractivity (Wildman–Crippen MR) is 145 cm³/mol. The molecule has 172 valence electrons. The highest BCUT2D eigenvalue weighted by Gasteiger charge is 2.41. The van der Waals surface area contributed by atoms with Crippen LogP contribution in [0.1, 0.15) is 51.2 Å². The quantitative estimate of drug-likeness (QED) is 0.394. The lowest BCUT2D eigenvalue weighted by molar-refractivity contribution is 0.0807. The first-order valence-electron chi connectivity index (χ1n) is 11.3. The lowest BCUT2D eigenvalue weighted by Gasteiger charge is -2.47. The van der Waals surface area contributed by atoms with E-state index in [-0.39, 0.29) is 10.8 Å². The first-order chi connectivity index (χ1) is 15.1. The summed E-state index contributed by atoms with van der Waals surface area (Å²) < 4.78 is 0. The third-order valence-electron chi connectivity index (χ3n) is 6.24. The normalized spacial score (nSPS) is 22.0. The summed E-state index contributed by atoms with van der Waals surface area (Å²) in [6.07, 6.45) is 3.26. The fourth-order valence-electron chi connectivity index (χ4n) is 5.10. The number of benzene rings is 2. The fraction of sp³-hybridized carbons (Fsp3) is 0.462. The molecule has 1 aliphatic rings. The van der Waals surface area contributed by atoms with Crippen LogP contribution in [0.4, 0.5) is 11.4 Å². The van der Waals surface area contributed by atoms with Gasteiger partial charge in [0.25, 0.3) is 0 Å². The Morgan fingerprint density at radius 2 is 1.38 bits per heavy atom. The van der Waals surface area contributed by atoms with Crippen LogP contribution in [0.5, 0.6) is 0 Å². The lowest BCUT2D eigenvalue weighted by atomic mass is 9.62. The molecule has 1 fully saturated rings. The van der Waals surface area contributed by atoms with E-state index in [0.717, 1.165) is 37.2 Å². The summed E-state index contributed by atoms with van der Waals surface area (Å²) in [6.45, 7) is 12.0. The SMILES string of the molecule is Cc1ccccc1NC(=S)NC[C@]1(C)C[C@@H](NC(=S)Nc2ccccc2C)CC(C)(C)C1. The average molecular weight is 469 g/mol. The maximum absolute atomic E-state index is 5.65. The van der Waals surface area contributed by atoms with Crippen LogP contribution in [0.15, 0.2) is 48.5 Å². The molecule has 0 radical (unpaired) electrons. The number of hydrogen-bond acceptors (Lipinski definition) is 2. The van der Waals surface area contributed by atoms with Crippen molar-refractivity contribution in [3.8, 4) is 0 Å². The van der Waals surface area contributed by atoms with Gasteiger partial charge in [0.1, 0.15) is 0 Å². The third kappa shape index (κ3) is 6.91. The van der Waals surface area contributed by atoms with Gasteiger partial charge >= 0.3 is 0 Å². The van der Waals surface area contributed by atoms with Crippen LogP contribution in [0.25, 0.3) is 0 Å². The Kier molecular flexibility index (Phi) is 7.78. The molecule has 2 aromatic rings. The van der Waals surface area contributed by atoms with E-state index in [1.165, 1.54) is 11.1 Å². The second-order valence-corrected chi connectivity index (χ2v) is 11.1. The van der Waals surface area contributed by atoms with Crippen LogP contribution >= 0.6 is 24.4 Å². The summed E-state index contributed by atoms with van der Waals surface area (Å²) >= 11 is 11.2. The molecular formula is C26H36N4S2. The molecule has 6 heteroatoms. The third-order valence-corrected chi connectivity index (χ3v) is 6.71. The van der Waals surface area contributed by atoms with E-state index in [1.54, 1.807) is 0 Å². The second kappa shape index (κ2) is 10.2. The van der Waals surface area contributed by atoms with Crippen molar-refractivity contribution in [3.05, 3.63) is 59.7 Å². The topological polar surface area (TPSA) is 48.1 Å². The van der Waals surface area contributed by atoms with Gasteiger partial charge in [0.2, 0.25) is 0 Å². The van der Waals surface area contributed by atoms with Crippen molar-refractivity contribution in [2.45, 2.75) is 59.9 Å². The van der Waals surface area contributed by atoms with Gasteiger partial charge < -0.3 is 21.3 Å². The Labute approximate surface area is 204 Å². The Morgan fingerprint density at radius 3 is 1.94 bits per heavy atom. The molecule has 0 bridgehead atoms. The van der Waals surface area contributed by atoms with Gasteiger partial charge in [0.05, 0.1) is 0 Å². The van der Waals surface area contributed by atoms with Gasteiger partial charge in [-0.2, -0.15) is 0 Å². The van der Waals surface area contributed by atoms with Crippen LogP contribution in [0, 0.1) is 24.7 Å². The predicted octanol–water partition coefficient (Wildman–Crippen LogP) is 6.16. The van der Waals surface area contributed by atoms with E-state index in [1.807, 2.05) is 24.3 Å². The molecule has 2 atom stereocenters. The van der Waals surface area contributed by atoms with E-state index in [4.69, 9.17) is 24.4 Å². The van der Waals surface area contributed by atoms with E-state index in [2.05, 4.69) is 80.2 Å². The molecule has 0 aromatic heterocycles. The van der Waals surface area contributed by atoms with E-state index in [9.17, 15) is 0 Å². The highest BCUT2D eigenvalue weighted by molar-refractivity contribution is 7.80. The van der Waals surface area contributed by atoms with E-state index >= 15 is 0 Å². The van der Waals surface area contributed by atoms with Gasteiger partial charge in [0.15, 0.2) is 10.2 Å². The largest absolute Gasteiger partial charge is 0.362 e. The number of aryl methyl sites for hydroxylation is 2. The molecule has 2 aromatic carbocycles. The molecule has 0 saturated heterocycles. The van der Waals surface area contributed by atoms with Crippen LogP contribution in [-0.4, -0.2) is 22.8 Å². The number of para-hydroxylation sites is 2. The van der Waals surface area contributed by atoms with Gasteiger partial charge in [-0.3, -0.25) is 0 Å². The summed E-state index contributed by atoms with van der Waals surface area (Å²) in [6, 6.07) is 16.7. The maximum atomic E-state index is 5.65. The highest BCUT2D eigenvalue weighted by Crippen LogP contribution is 2.45. The molecule has 4 N–H and O–H groups in total. The highest BCUT2D eigenvalue weighted by atomic mass is 32.1. The minimum atomic E-state index is 0.106. The molecule has 32 heavy (non-hydrogen) atoms. The maximum Gasteiger partial charge on any atom is 0.171 e. The van der Waals surface area contributed by atoms with Crippen molar-refractivity contribution in [1.82, 2.24) is 10.6 Å². The van der Waals surface area contributed by atoms with Crippen LogP contribution in [-0.2, 0) is 0 Å². The zero-order valence-corrected chi connectivity index (χ0v) is 21.5. The van der Waals surface area contributed by atoms with Crippen molar-refractivity contribution in [1.29, 1.82) is 0 Å². The zero-order chi connectivity index (χ0) is 23.4. The molecule has 0 aliphatic heterocycles. The molecule has 0 amide bonds. The van der Waals surface area contributed by atoms with Crippen LogP contribution in [0.2, 0.25) is 0 Å². The number of thiocarbonyl (C=S) groups is 2. The molecule has 1 saturated carbocycles. The van der Waals surface area contributed by atoms with Gasteiger partial charge in [-0.25, -0.2) is 0 Å². The smallest absolute Gasteiger partial charge is 0.171 e. The first-order valence-corrected chi connectivity index (χ1v) is 12.1. The van der Waals surface area contributed by atoms with Crippen molar-refractivity contribution in [2.75, 3.05) is 17.2 Å². The number of rotatable bonds is 5. The molecule has 0 unspecified atom stereocenters. The van der Waals surface area contributed by atoms with Crippen molar-refractivity contribution < 1.29 is 0 Å². The summed E-state index contributed by atoms with van der Waals surface area (Å²) in [5, 5.41) is 15.1. The van der Waals surface area contributed by atoms with Gasteiger partial charge in [-0.15, -0.1) is 0 Å². The molecule has 1 aliphatic carbocycles. The van der Waals surface area contributed by atoms with Crippen LogP contribution < -0.4 is 21.3 Å². The summed E-state index contributed by atoms with van der Waals surface area (Å²) in [5.74, 6) is 0. The minimum absolute atomic E-state index is 0.106. The fourth-order valence-corrected chi connectivity index (χ4v) is 5.56. The Morgan fingerprint density at radius 1 is 0.844 bits per heavy atom. The number of anilines is 2. The summed E-state index contributed by atoms with van der Waals surface area (Å²) in [7, 11) is 0. The standard InChI is InChI=1S/C26H36N4S2/c1-18-10-6-8-12-21(18)29-23(31)27-17-26(5)15-20(14-25(3,4)16-26)28-24(32)30-22-13-9-7-11-19(22)2/h6-13,20H,14-17H2,1-5H3,(H2,27,29,31)(H2,28,30,32)/t20-,26+/m0/s1. The molecule has 4 nitrogen and oxygen atoms in total. The molecule has 0 heterocycles. The summed E-state index contributed by atoms with van der Waals surface area (Å²) in [5.41, 5.74) is 4.79.